The molecule has 262 valence electrons. The van der Waals surface area contributed by atoms with E-state index in [-0.39, 0.29) is 0 Å². The van der Waals surface area contributed by atoms with Crippen molar-refractivity contribution in [3.63, 3.8) is 0 Å². The Balaban J connectivity index is 1.12. The molecular formula is C52H34N4. The zero-order valence-electron chi connectivity index (χ0n) is 30.4. The Labute approximate surface area is 324 Å². The number of nitrogens with zero attached hydrogens (tertiary/aromatic N) is 4. The zero-order valence-corrected chi connectivity index (χ0v) is 30.4. The minimum absolute atomic E-state index is 0.950. The van der Waals surface area contributed by atoms with E-state index >= 15 is 0 Å². The van der Waals surface area contributed by atoms with E-state index < -0.39 is 0 Å². The van der Waals surface area contributed by atoms with E-state index in [2.05, 4.69) is 191 Å². The van der Waals surface area contributed by atoms with Crippen LogP contribution >= 0.6 is 0 Å². The third-order valence-corrected chi connectivity index (χ3v) is 10.9. The third kappa shape index (κ3) is 5.23. The van der Waals surface area contributed by atoms with Crippen molar-refractivity contribution in [2.45, 2.75) is 0 Å². The first kappa shape index (κ1) is 31.9. The predicted molar refractivity (Wildman–Crippen MR) is 232 cm³/mol. The number of benzene rings is 7. The van der Waals surface area contributed by atoms with Gasteiger partial charge in [-0.25, -0.2) is 9.97 Å². The van der Waals surface area contributed by atoms with Crippen LogP contribution in [0.4, 0.5) is 0 Å². The lowest BCUT2D eigenvalue weighted by atomic mass is 9.99. The van der Waals surface area contributed by atoms with E-state index in [9.17, 15) is 0 Å². The molecule has 0 N–H and O–H groups in total. The molecule has 0 aliphatic rings. The highest BCUT2D eigenvalue weighted by Crippen LogP contribution is 2.41. The van der Waals surface area contributed by atoms with Gasteiger partial charge in [0.05, 0.1) is 27.9 Å². The van der Waals surface area contributed by atoms with Crippen LogP contribution in [0.25, 0.3) is 99.9 Å². The van der Waals surface area contributed by atoms with Crippen LogP contribution in [-0.4, -0.2) is 19.1 Å². The van der Waals surface area contributed by atoms with Gasteiger partial charge < -0.3 is 4.57 Å². The number of pyridine rings is 2. The topological polar surface area (TPSA) is 35.6 Å². The first-order chi connectivity index (χ1) is 27.8. The van der Waals surface area contributed by atoms with Crippen molar-refractivity contribution in [2.24, 2.45) is 0 Å². The molecule has 0 atom stereocenters. The summed E-state index contributed by atoms with van der Waals surface area (Å²) in [4.78, 5) is 10.0. The van der Waals surface area contributed by atoms with E-state index in [4.69, 9.17) is 9.97 Å². The molecule has 4 heterocycles. The zero-order chi connectivity index (χ0) is 37.0. The summed E-state index contributed by atoms with van der Waals surface area (Å²) >= 11 is 0. The lowest BCUT2D eigenvalue weighted by molar-refractivity contribution is 1.14. The van der Waals surface area contributed by atoms with Gasteiger partial charge in [0.2, 0.25) is 0 Å². The monoisotopic (exact) mass is 714 g/mol. The summed E-state index contributed by atoms with van der Waals surface area (Å²) in [5, 5.41) is 4.76. The molecule has 7 aromatic carbocycles. The van der Waals surface area contributed by atoms with Gasteiger partial charge in [0, 0.05) is 55.8 Å². The first-order valence-electron chi connectivity index (χ1n) is 19.0. The van der Waals surface area contributed by atoms with Gasteiger partial charge in [-0.05, 0) is 83.4 Å². The van der Waals surface area contributed by atoms with Crippen LogP contribution in [0.2, 0.25) is 0 Å². The molecule has 0 radical (unpaired) electrons. The third-order valence-electron chi connectivity index (χ3n) is 10.9. The first-order valence-corrected chi connectivity index (χ1v) is 19.0. The van der Waals surface area contributed by atoms with Crippen molar-refractivity contribution in [1.29, 1.82) is 0 Å². The van der Waals surface area contributed by atoms with Crippen LogP contribution in [0.1, 0.15) is 0 Å². The molecule has 11 rings (SSSR count). The van der Waals surface area contributed by atoms with Gasteiger partial charge >= 0.3 is 0 Å². The highest BCUT2D eigenvalue weighted by Gasteiger charge is 2.19. The van der Waals surface area contributed by atoms with Crippen molar-refractivity contribution < 1.29 is 0 Å². The molecule has 4 heteroatoms. The molecule has 0 aliphatic heterocycles. The summed E-state index contributed by atoms with van der Waals surface area (Å²) in [6, 6.07) is 71.3. The van der Waals surface area contributed by atoms with Gasteiger partial charge in [-0.2, -0.15) is 0 Å². The maximum absolute atomic E-state index is 5.15. The summed E-state index contributed by atoms with van der Waals surface area (Å²) in [5.41, 5.74) is 15.3. The molecule has 56 heavy (non-hydrogen) atoms. The number of hydrogen-bond acceptors (Lipinski definition) is 2. The number of rotatable bonds is 6. The highest BCUT2D eigenvalue weighted by molar-refractivity contribution is 6.15. The fourth-order valence-corrected chi connectivity index (χ4v) is 8.41. The second-order valence-electron chi connectivity index (χ2n) is 14.2. The molecule has 0 spiro atoms. The fraction of sp³-hybridized carbons (Fsp3) is 0. The highest BCUT2D eigenvalue weighted by atomic mass is 15.0. The average Bonchev–Trinajstić information content (AvgIpc) is 3.80. The smallest absolute Gasteiger partial charge is 0.145 e. The minimum Gasteiger partial charge on any atom is -0.309 e. The van der Waals surface area contributed by atoms with Crippen LogP contribution in [-0.2, 0) is 0 Å². The van der Waals surface area contributed by atoms with Crippen LogP contribution in [0.5, 0.6) is 0 Å². The van der Waals surface area contributed by atoms with Crippen molar-refractivity contribution in [2.75, 3.05) is 0 Å². The van der Waals surface area contributed by atoms with E-state index in [1.165, 1.54) is 32.8 Å². The normalized spacial score (nSPS) is 11.6. The van der Waals surface area contributed by atoms with Gasteiger partial charge in [-0.15, -0.1) is 0 Å². The summed E-state index contributed by atoms with van der Waals surface area (Å²) in [7, 11) is 0. The maximum Gasteiger partial charge on any atom is 0.145 e. The molecule has 0 amide bonds. The summed E-state index contributed by atoms with van der Waals surface area (Å²) in [5.74, 6) is 0. The van der Waals surface area contributed by atoms with E-state index in [1.807, 2.05) is 24.4 Å². The van der Waals surface area contributed by atoms with Gasteiger partial charge in [0.15, 0.2) is 0 Å². The van der Waals surface area contributed by atoms with E-state index in [0.29, 0.717) is 0 Å². The molecule has 11 aromatic rings. The quantitative estimate of drug-likeness (QED) is 0.172. The summed E-state index contributed by atoms with van der Waals surface area (Å²) in [6.07, 6.45) is 1.88. The fourth-order valence-electron chi connectivity index (χ4n) is 8.41. The van der Waals surface area contributed by atoms with Crippen molar-refractivity contribution in [3.8, 4) is 56.1 Å². The molecule has 4 aromatic heterocycles. The second kappa shape index (κ2) is 13.1. The predicted octanol–water partition coefficient (Wildman–Crippen LogP) is 13.3. The molecule has 0 fully saturated rings. The largest absolute Gasteiger partial charge is 0.309 e. The molecule has 4 nitrogen and oxygen atoms in total. The lowest BCUT2D eigenvalue weighted by Gasteiger charge is -2.14. The van der Waals surface area contributed by atoms with E-state index in [1.54, 1.807) is 0 Å². The second-order valence-corrected chi connectivity index (χ2v) is 14.2. The molecule has 0 aliphatic carbocycles. The van der Waals surface area contributed by atoms with Crippen molar-refractivity contribution in [1.82, 2.24) is 19.1 Å². The number of fused-ring (bicyclic) bond motifs is 6. The lowest BCUT2D eigenvalue weighted by Crippen LogP contribution is -1.97. The molecule has 0 bridgehead atoms. The Kier molecular flexibility index (Phi) is 7.46. The number of hydrogen-bond donors (Lipinski definition) is 0. The summed E-state index contributed by atoms with van der Waals surface area (Å²) < 4.78 is 4.71. The Morgan fingerprint density at radius 3 is 1.71 bits per heavy atom. The number of aromatic nitrogens is 4. The Morgan fingerprint density at radius 2 is 0.946 bits per heavy atom. The van der Waals surface area contributed by atoms with Crippen molar-refractivity contribution >= 4 is 43.7 Å². The van der Waals surface area contributed by atoms with Crippen LogP contribution in [0.3, 0.4) is 0 Å². The van der Waals surface area contributed by atoms with Crippen molar-refractivity contribution in [3.05, 3.63) is 206 Å². The Hall–Kier alpha value is -7.56. The average molecular weight is 715 g/mol. The van der Waals surface area contributed by atoms with E-state index in [0.717, 1.165) is 67.1 Å². The molecular weight excluding hydrogens is 681 g/mol. The Bertz CT molecular complexity index is 3170. The minimum atomic E-state index is 0.950. The number of para-hydroxylation sites is 3. The van der Waals surface area contributed by atoms with Gasteiger partial charge in [0.1, 0.15) is 5.65 Å². The molecule has 0 saturated carbocycles. The standard InChI is InChI=1S/C52H34N4/c1-4-15-35(16-5-1)47-33-39(34-48(54-47)36-17-6-2-7-18-36)37-19-12-22-41(31-37)55-49-27-11-10-23-43(49)44-25-13-24-42(51(44)55)38-28-29-50-46(32-38)45-26-14-30-53-52(45)56(50)40-20-8-3-9-21-40/h1-34H. The molecule has 0 unspecified atom stereocenters. The van der Waals surface area contributed by atoms with Crippen LogP contribution < -0.4 is 0 Å². The SMILES string of the molecule is c1ccc(-c2cc(-c3cccc(-n4c5ccccc5c5cccc(-c6ccc7c(c6)c6cccnc6n7-c6ccccc6)c54)c3)cc(-c3ccccc3)n2)cc1. The van der Waals surface area contributed by atoms with Gasteiger partial charge in [-0.1, -0.05) is 133 Å². The maximum atomic E-state index is 5.15. The Morgan fingerprint density at radius 1 is 0.339 bits per heavy atom. The summed E-state index contributed by atoms with van der Waals surface area (Å²) in [6.45, 7) is 0. The van der Waals surface area contributed by atoms with Crippen LogP contribution in [0, 0.1) is 0 Å². The van der Waals surface area contributed by atoms with Crippen LogP contribution in [0.15, 0.2) is 206 Å². The van der Waals surface area contributed by atoms with Gasteiger partial charge in [-0.3, -0.25) is 4.57 Å². The molecule has 0 saturated heterocycles. The van der Waals surface area contributed by atoms with Gasteiger partial charge in [0.25, 0.3) is 0 Å².